The molecule has 2 N–H and O–H groups in total. The summed E-state index contributed by atoms with van der Waals surface area (Å²) < 4.78 is 124. The van der Waals surface area contributed by atoms with Gasteiger partial charge in [-0.15, -0.1) is 0 Å². The summed E-state index contributed by atoms with van der Waals surface area (Å²) in [7, 11) is 0. The van der Waals surface area contributed by atoms with Crippen molar-refractivity contribution in [2.45, 2.75) is 434 Å². The third-order valence-electron chi connectivity index (χ3n) is 28.6. The topological polar surface area (TPSA) is 322 Å². The number of halogens is 5. The lowest BCUT2D eigenvalue weighted by Gasteiger charge is -2.60. The van der Waals surface area contributed by atoms with Crippen LogP contribution in [0.4, 0.5) is 31.5 Å². The van der Waals surface area contributed by atoms with Crippen molar-refractivity contribution in [1.82, 2.24) is 0 Å². The number of ether oxygens (including phenoxy) is 12. The molecule has 0 heterocycles. The molecule has 16 saturated carbocycles. The van der Waals surface area contributed by atoms with E-state index in [1.54, 1.807) is 41.5 Å². The Bertz CT molecular complexity index is 3460. The van der Waals surface area contributed by atoms with E-state index in [-0.39, 0.29) is 35.1 Å². The van der Waals surface area contributed by atoms with Crippen LogP contribution in [-0.2, 0) is 95.2 Å². The van der Waals surface area contributed by atoms with Crippen molar-refractivity contribution < 1.29 is 137 Å². The predicted octanol–water partition coefficient (Wildman–Crippen LogP) is 20.4. The van der Waals surface area contributed by atoms with Gasteiger partial charge in [0.05, 0.1) is 43.7 Å². The first kappa shape index (κ1) is 105. The lowest BCUT2D eigenvalue weighted by Crippen LogP contribution is -2.62. The molecule has 8 unspecified atom stereocenters. The first-order valence-corrected chi connectivity index (χ1v) is 45.7. The molecule has 0 aromatic heterocycles. The second-order valence-electron chi connectivity index (χ2n) is 45.7. The van der Waals surface area contributed by atoms with Crippen LogP contribution in [-0.4, -0.2) is 165 Å². The van der Waals surface area contributed by atoms with Gasteiger partial charge in [0.2, 0.25) is 0 Å². The number of carbonyl (C=O) groups is 10. The molecule has 16 aliphatic rings. The lowest BCUT2D eigenvalue weighted by atomic mass is 9.52. The third-order valence-corrected chi connectivity index (χ3v) is 28.6. The Kier molecular flexibility index (Phi) is 32.6. The maximum absolute atomic E-state index is 12.7. The molecule has 16 aliphatic carbocycles. The van der Waals surface area contributed by atoms with Crippen LogP contribution in [0.25, 0.3) is 0 Å². The summed E-state index contributed by atoms with van der Waals surface area (Å²) in [5.74, 6) is -2.86. The summed E-state index contributed by atoms with van der Waals surface area (Å²) in [6.45, 7) is 41.2. The average molecular weight is 1770 g/mol. The number of rotatable bonds is 25. The van der Waals surface area contributed by atoms with Gasteiger partial charge in [0.15, 0.2) is 26.4 Å². The highest BCUT2D eigenvalue weighted by Crippen LogP contribution is 2.64. The zero-order valence-electron chi connectivity index (χ0n) is 79.4. The van der Waals surface area contributed by atoms with Crippen molar-refractivity contribution in [1.29, 1.82) is 0 Å². The minimum absolute atomic E-state index is 0.0828. The van der Waals surface area contributed by atoms with Crippen LogP contribution in [0.2, 0.25) is 0 Å². The van der Waals surface area contributed by atoms with Crippen LogP contribution in [0, 0.1) is 79.8 Å². The van der Waals surface area contributed by atoms with Gasteiger partial charge in [-0.2, -0.15) is 13.2 Å². The van der Waals surface area contributed by atoms with E-state index in [1.165, 1.54) is 12.8 Å². The summed E-state index contributed by atoms with van der Waals surface area (Å²) in [5, 5.41) is 21.3. The van der Waals surface area contributed by atoms with E-state index in [1.807, 2.05) is 125 Å². The second kappa shape index (κ2) is 38.5. The van der Waals surface area contributed by atoms with Crippen molar-refractivity contribution in [2.75, 3.05) is 26.4 Å². The highest BCUT2D eigenvalue weighted by molar-refractivity contribution is 5.81. The van der Waals surface area contributed by atoms with E-state index in [4.69, 9.17) is 37.9 Å². The molecule has 0 radical (unpaired) electrons. The molecule has 8 atom stereocenters. The Morgan fingerprint density at radius 2 is 0.484 bits per heavy atom. The molecule has 16 bridgehead atoms. The number of hydrogen-bond acceptors (Lipinski definition) is 24. The Hall–Kier alpha value is -6.13. The van der Waals surface area contributed by atoms with Gasteiger partial charge in [-0.05, 0) is 339 Å². The van der Waals surface area contributed by atoms with Crippen LogP contribution in [0.3, 0.4) is 0 Å². The first-order valence-electron chi connectivity index (χ1n) is 45.7. The molecule has 124 heavy (non-hydrogen) atoms. The molecule has 16 fully saturated rings. The molecule has 16 rings (SSSR count). The van der Waals surface area contributed by atoms with Crippen LogP contribution in [0.15, 0.2) is 0 Å². The van der Waals surface area contributed by atoms with E-state index in [2.05, 4.69) is 18.9 Å². The van der Waals surface area contributed by atoms with Gasteiger partial charge in [-0.1, -0.05) is 41.5 Å². The summed E-state index contributed by atoms with van der Waals surface area (Å²) in [6.07, 6.45) is 20.2. The van der Waals surface area contributed by atoms with Gasteiger partial charge in [0, 0.05) is 32.6 Å². The number of carbonyl (C=O) groups excluding carboxylic acids is 10. The Morgan fingerprint density at radius 3 is 0.685 bits per heavy atom. The maximum atomic E-state index is 12.7. The summed E-state index contributed by atoms with van der Waals surface area (Å²) in [5.41, 5.74) is -8.27. The fourth-order valence-corrected chi connectivity index (χ4v) is 21.4. The molecule has 712 valence electrons. The zero-order valence-corrected chi connectivity index (χ0v) is 79.4. The summed E-state index contributed by atoms with van der Waals surface area (Å²) in [6, 6.07) is 0. The van der Waals surface area contributed by atoms with Gasteiger partial charge in [-0.25, -0.2) is 28.0 Å². The fraction of sp³-hybridized carbons (Fsp3) is 0.895. The molecule has 0 aliphatic heterocycles. The minimum atomic E-state index is -4.58. The van der Waals surface area contributed by atoms with Gasteiger partial charge in [0.25, 0.3) is 5.92 Å². The van der Waals surface area contributed by atoms with Crippen molar-refractivity contribution in [3.05, 3.63) is 0 Å². The van der Waals surface area contributed by atoms with Gasteiger partial charge < -0.3 is 67.1 Å². The highest BCUT2D eigenvalue weighted by atomic mass is 19.4. The van der Waals surface area contributed by atoms with E-state index >= 15 is 0 Å². The SMILES string of the molecule is CCC(C)(C)C(=O)OC12CC3CC(CC(O)(C3)C1)C2.CCC(C)(C)C(=O)OC12CC3CC(CC(O)(C3)C1)C2.CCC(C)(C)C(=O)OC12CC3CC(CC(OC(=O)OC(C)(C)C)(C3)C1)C2.CCC(C)(C)C(=O)OC12CC3CC(CC(OC(=O)OC(C)(C)C)(C3)C1)C2.CCC(C)(C)C(=O)OCC(=O)OCC(C)(F)F.CCC(C)(C)C(=O)OCC(=O)OCC(F)(F)F. The first-order chi connectivity index (χ1) is 56.4. The third kappa shape index (κ3) is 28.9. The number of aliphatic hydroxyl groups is 2. The van der Waals surface area contributed by atoms with Crippen molar-refractivity contribution in [3.63, 3.8) is 0 Å². The normalized spacial score (nSPS) is 32.0. The van der Waals surface area contributed by atoms with Crippen molar-refractivity contribution >= 4 is 60.1 Å². The van der Waals surface area contributed by atoms with E-state index in [0.717, 1.165) is 141 Å². The molecule has 24 nitrogen and oxygen atoms in total. The lowest BCUT2D eigenvalue weighted by molar-refractivity contribution is -0.231. The van der Waals surface area contributed by atoms with Crippen molar-refractivity contribution in [3.8, 4) is 0 Å². The largest absolute Gasteiger partial charge is 0.509 e. The maximum Gasteiger partial charge on any atom is 0.509 e. The van der Waals surface area contributed by atoms with E-state index < -0.39 is 152 Å². The fourth-order valence-electron chi connectivity index (χ4n) is 21.4. The van der Waals surface area contributed by atoms with Gasteiger partial charge in [0.1, 0.15) is 44.8 Å². The molecule has 0 amide bonds. The van der Waals surface area contributed by atoms with E-state index in [0.29, 0.717) is 92.8 Å². The van der Waals surface area contributed by atoms with Gasteiger partial charge in [-0.3, -0.25) is 28.8 Å². The Labute approximate surface area is 733 Å². The van der Waals surface area contributed by atoms with E-state index in [9.17, 15) is 80.1 Å². The number of alkyl halides is 5. The predicted molar refractivity (Wildman–Crippen MR) is 449 cm³/mol. The van der Waals surface area contributed by atoms with Crippen LogP contribution in [0.5, 0.6) is 0 Å². The monoisotopic (exact) mass is 1770 g/mol. The highest BCUT2D eigenvalue weighted by Gasteiger charge is 2.66. The molecule has 0 aromatic rings. The van der Waals surface area contributed by atoms with Crippen LogP contribution < -0.4 is 0 Å². The van der Waals surface area contributed by atoms with Crippen molar-refractivity contribution in [2.24, 2.45) is 79.8 Å². The Morgan fingerprint density at radius 1 is 0.282 bits per heavy atom. The molecule has 0 saturated heterocycles. The summed E-state index contributed by atoms with van der Waals surface area (Å²) >= 11 is 0. The molecular weight excluding hydrogens is 1620 g/mol. The molecule has 0 spiro atoms. The minimum Gasteiger partial charge on any atom is -0.459 e. The van der Waals surface area contributed by atoms with Crippen LogP contribution >= 0.6 is 0 Å². The second-order valence-corrected chi connectivity index (χ2v) is 45.7. The molecule has 0 aromatic carbocycles. The average Bonchev–Trinajstić information content (AvgIpc) is 0.733. The zero-order chi connectivity index (χ0) is 93.9. The number of hydrogen-bond donors (Lipinski definition) is 2. The molecular formula is C95H153F5O24. The summed E-state index contributed by atoms with van der Waals surface area (Å²) in [4.78, 5) is 119. The Balaban J connectivity index is 0.000000206. The number of esters is 8. The smallest absolute Gasteiger partial charge is 0.459 e. The van der Waals surface area contributed by atoms with Gasteiger partial charge >= 0.3 is 66.2 Å². The quantitative estimate of drug-likeness (QED) is 0.0487. The van der Waals surface area contributed by atoms with Crippen LogP contribution in [0.1, 0.15) is 366 Å². The standard InChI is InChI=1S/2C21H34O5.2C16H26O3.C11H18F2O4.C10H15F3O4/c2*1-7-19(5,6)16(22)24-20-9-14-8-15(10-20)12-21(11-14,13-20)26-17(23)25-18(2,3)4;2*1-4-14(2,3)13(17)19-16-8-11-5-12(9-16)7-15(18,6-11)10-16;1-5-10(2,3)9(15)16-6-8(14)17-7-11(4,12)13;1-4-9(2,3)8(15)16-5-7(14)17-6-10(11,12)13/h2*14-15H,7-13H2,1-6H3;2*11-12,18H,4-10H2,1-3H3;5-7H2,1-4H3;4-6H2,1-3H3. The molecule has 29 heteroatoms.